The van der Waals surface area contributed by atoms with E-state index in [4.69, 9.17) is 4.42 Å². The molecule has 128 valence electrons. The molecule has 1 amide bonds. The summed E-state index contributed by atoms with van der Waals surface area (Å²) in [6, 6.07) is 13.7. The van der Waals surface area contributed by atoms with Crippen molar-refractivity contribution in [1.29, 1.82) is 0 Å². The molecule has 0 aliphatic carbocycles. The maximum atomic E-state index is 12.5. The Morgan fingerprint density at radius 2 is 2.04 bits per heavy atom. The molecule has 0 fully saturated rings. The number of carbonyl (C=O) groups is 1. The predicted octanol–water partition coefficient (Wildman–Crippen LogP) is 5.60. The lowest BCUT2D eigenvalue weighted by Gasteiger charge is -2.07. The van der Waals surface area contributed by atoms with E-state index in [1.807, 2.05) is 49.4 Å². The van der Waals surface area contributed by atoms with Crippen LogP contribution < -0.4 is 5.32 Å². The zero-order valence-corrected chi connectivity index (χ0v) is 16.3. The average molecular weight is 417 g/mol. The second-order valence-corrected chi connectivity index (χ2v) is 7.30. The minimum absolute atomic E-state index is 0.184. The monoisotopic (exact) mass is 416 g/mol. The van der Waals surface area contributed by atoms with Crippen LogP contribution in [0, 0.1) is 13.8 Å². The van der Waals surface area contributed by atoms with E-state index in [1.54, 1.807) is 24.9 Å². The van der Waals surface area contributed by atoms with Crippen molar-refractivity contribution in [2.45, 2.75) is 24.6 Å². The Kier molecular flexibility index (Phi) is 5.60. The van der Waals surface area contributed by atoms with Crippen LogP contribution in [0.25, 0.3) is 0 Å². The third-order valence-corrected chi connectivity index (χ3v) is 5.59. The molecule has 1 aromatic carbocycles. The molecule has 0 saturated carbocycles. The molecule has 6 heteroatoms. The van der Waals surface area contributed by atoms with Gasteiger partial charge < -0.3 is 9.73 Å². The van der Waals surface area contributed by atoms with Gasteiger partial charge >= 0.3 is 0 Å². The summed E-state index contributed by atoms with van der Waals surface area (Å²) in [5, 5.41) is 3.92. The zero-order valence-electron chi connectivity index (χ0n) is 13.9. The summed E-state index contributed by atoms with van der Waals surface area (Å²) < 4.78 is 6.20. The highest BCUT2D eigenvalue weighted by Crippen LogP contribution is 2.28. The summed E-state index contributed by atoms with van der Waals surface area (Å²) in [6.45, 7) is 3.61. The van der Waals surface area contributed by atoms with Crippen molar-refractivity contribution in [3.05, 3.63) is 75.8 Å². The van der Waals surface area contributed by atoms with Crippen molar-refractivity contribution in [1.82, 2.24) is 4.98 Å². The molecular weight excluding hydrogens is 400 g/mol. The highest BCUT2D eigenvalue weighted by atomic mass is 79.9. The number of amides is 1. The summed E-state index contributed by atoms with van der Waals surface area (Å²) >= 11 is 5.07. The number of aromatic nitrogens is 1. The summed E-state index contributed by atoms with van der Waals surface area (Å²) in [6.07, 6.45) is 1.78. The number of thioether (sulfide) groups is 1. The Morgan fingerprint density at radius 1 is 1.20 bits per heavy atom. The number of hydrogen-bond acceptors (Lipinski definition) is 4. The van der Waals surface area contributed by atoms with Gasteiger partial charge in [0.2, 0.25) is 0 Å². The number of furan rings is 1. The molecule has 0 spiro atoms. The number of benzene rings is 1. The lowest BCUT2D eigenvalue weighted by Crippen LogP contribution is -2.13. The zero-order chi connectivity index (χ0) is 17.8. The van der Waals surface area contributed by atoms with Gasteiger partial charge in [0.15, 0.2) is 0 Å². The van der Waals surface area contributed by atoms with Gasteiger partial charge in [-0.2, -0.15) is 0 Å². The quantitative estimate of drug-likeness (QED) is 0.549. The van der Waals surface area contributed by atoms with Crippen molar-refractivity contribution >= 4 is 39.3 Å². The lowest BCUT2D eigenvalue weighted by molar-refractivity contribution is 0.102. The molecule has 0 aliphatic rings. The first kappa shape index (κ1) is 17.8. The van der Waals surface area contributed by atoms with Crippen LogP contribution in [0.15, 0.2) is 62.6 Å². The third kappa shape index (κ3) is 4.32. The van der Waals surface area contributed by atoms with E-state index >= 15 is 0 Å². The Labute approximate surface area is 159 Å². The number of halogens is 1. The van der Waals surface area contributed by atoms with Gasteiger partial charge in [0, 0.05) is 17.6 Å². The van der Waals surface area contributed by atoms with Crippen LogP contribution in [0.4, 0.5) is 5.69 Å². The number of anilines is 1. The molecule has 0 aliphatic heterocycles. The van der Waals surface area contributed by atoms with Crippen molar-refractivity contribution < 1.29 is 9.21 Å². The molecule has 2 aromatic heterocycles. The van der Waals surface area contributed by atoms with Crippen LogP contribution in [0.5, 0.6) is 0 Å². The minimum atomic E-state index is -0.184. The van der Waals surface area contributed by atoms with E-state index in [0.717, 1.165) is 22.0 Å². The van der Waals surface area contributed by atoms with Gasteiger partial charge in [0.1, 0.15) is 11.5 Å². The normalized spacial score (nSPS) is 10.7. The van der Waals surface area contributed by atoms with E-state index in [1.165, 1.54) is 0 Å². The van der Waals surface area contributed by atoms with Crippen LogP contribution in [-0.2, 0) is 5.75 Å². The van der Waals surface area contributed by atoms with Crippen LogP contribution in [0.1, 0.15) is 27.4 Å². The average Bonchev–Trinajstić information content (AvgIpc) is 2.86. The molecule has 3 rings (SSSR count). The summed E-state index contributed by atoms with van der Waals surface area (Å²) in [7, 11) is 0. The van der Waals surface area contributed by atoms with E-state index in [2.05, 4.69) is 26.2 Å². The number of pyridine rings is 1. The molecule has 3 aromatic rings. The van der Waals surface area contributed by atoms with Crippen molar-refractivity contribution in [2.24, 2.45) is 0 Å². The maximum Gasteiger partial charge on any atom is 0.260 e. The van der Waals surface area contributed by atoms with Gasteiger partial charge in [-0.15, -0.1) is 11.8 Å². The molecule has 0 saturated heterocycles. The van der Waals surface area contributed by atoms with Gasteiger partial charge in [-0.1, -0.05) is 18.2 Å². The van der Waals surface area contributed by atoms with Crippen molar-refractivity contribution in [2.75, 3.05) is 5.32 Å². The first-order valence-corrected chi connectivity index (χ1v) is 9.52. The highest BCUT2D eigenvalue weighted by Gasteiger charge is 2.19. The molecule has 0 radical (unpaired) electrons. The fourth-order valence-corrected chi connectivity index (χ4v) is 3.78. The number of nitrogens with one attached hydrogen (secondary N) is 1. The lowest BCUT2D eigenvalue weighted by atomic mass is 10.2. The number of aryl methyl sites for hydroxylation is 2. The summed E-state index contributed by atoms with van der Waals surface area (Å²) in [4.78, 5) is 16.8. The fourth-order valence-electron chi connectivity index (χ4n) is 2.44. The van der Waals surface area contributed by atoms with E-state index in [9.17, 15) is 4.79 Å². The van der Waals surface area contributed by atoms with Crippen LogP contribution in [0.3, 0.4) is 0 Å². The maximum absolute atomic E-state index is 12.5. The summed E-state index contributed by atoms with van der Waals surface area (Å²) in [5.74, 6) is 1.90. The standard InChI is InChI=1S/C19H17BrN2O2S/c1-12-17(18(20)13(2)24-12)19(23)22-15-7-5-6-14(10-15)11-25-16-8-3-4-9-21-16/h3-10H,11H2,1-2H3,(H,22,23). The molecule has 0 unspecified atom stereocenters. The Hall–Kier alpha value is -2.05. The second-order valence-electron chi connectivity index (χ2n) is 5.51. The van der Waals surface area contributed by atoms with Gasteiger partial charge in [0.25, 0.3) is 5.91 Å². The first-order valence-electron chi connectivity index (χ1n) is 7.74. The predicted molar refractivity (Wildman–Crippen MR) is 104 cm³/mol. The molecular formula is C19H17BrN2O2S. The largest absolute Gasteiger partial charge is 0.465 e. The van der Waals surface area contributed by atoms with Crippen molar-refractivity contribution in [3.63, 3.8) is 0 Å². The Balaban J connectivity index is 1.70. The number of carbonyl (C=O) groups excluding carboxylic acids is 1. The van der Waals surface area contributed by atoms with Crippen LogP contribution in [0.2, 0.25) is 0 Å². The third-order valence-electron chi connectivity index (χ3n) is 3.62. The van der Waals surface area contributed by atoms with E-state index in [0.29, 0.717) is 21.6 Å². The minimum Gasteiger partial charge on any atom is -0.465 e. The van der Waals surface area contributed by atoms with Gasteiger partial charge in [-0.25, -0.2) is 4.98 Å². The topological polar surface area (TPSA) is 55.1 Å². The summed E-state index contributed by atoms with van der Waals surface area (Å²) in [5.41, 5.74) is 2.41. The molecule has 0 atom stereocenters. The molecule has 2 heterocycles. The second kappa shape index (κ2) is 7.89. The molecule has 4 nitrogen and oxygen atoms in total. The smallest absolute Gasteiger partial charge is 0.260 e. The van der Waals surface area contributed by atoms with Crippen LogP contribution in [-0.4, -0.2) is 10.9 Å². The number of rotatable bonds is 5. The highest BCUT2D eigenvalue weighted by molar-refractivity contribution is 9.10. The molecule has 0 bridgehead atoms. The van der Waals surface area contributed by atoms with Gasteiger partial charge in [0.05, 0.1) is 15.1 Å². The Bertz CT molecular complexity index is 894. The molecule has 25 heavy (non-hydrogen) atoms. The van der Waals surface area contributed by atoms with Gasteiger partial charge in [-0.3, -0.25) is 4.79 Å². The van der Waals surface area contributed by atoms with E-state index < -0.39 is 0 Å². The Morgan fingerprint density at radius 3 is 2.72 bits per heavy atom. The molecule has 1 N–H and O–H groups in total. The van der Waals surface area contributed by atoms with Crippen molar-refractivity contribution in [3.8, 4) is 0 Å². The van der Waals surface area contributed by atoms with E-state index in [-0.39, 0.29) is 5.91 Å². The fraction of sp³-hybridized carbons (Fsp3) is 0.158. The number of nitrogens with zero attached hydrogens (tertiary/aromatic N) is 1. The SMILES string of the molecule is Cc1oc(C)c(C(=O)Nc2cccc(CSc3ccccn3)c2)c1Br. The number of hydrogen-bond donors (Lipinski definition) is 1. The first-order chi connectivity index (χ1) is 12.0. The van der Waals surface area contributed by atoms with Crippen LogP contribution >= 0.6 is 27.7 Å². The van der Waals surface area contributed by atoms with Gasteiger partial charge in [-0.05, 0) is 59.6 Å².